The fourth-order valence-electron chi connectivity index (χ4n) is 1.48. The number of aliphatic carboxylic acids is 1. The maximum absolute atomic E-state index is 13.2. The molecule has 18 heavy (non-hydrogen) atoms. The predicted octanol–water partition coefficient (Wildman–Crippen LogP) is 2.40. The summed E-state index contributed by atoms with van der Waals surface area (Å²) in [5, 5.41) is 10.8. The Labute approximate surface area is 103 Å². The van der Waals surface area contributed by atoms with Gasteiger partial charge in [0.05, 0.1) is 5.69 Å². The lowest BCUT2D eigenvalue weighted by Crippen LogP contribution is -2.17. The van der Waals surface area contributed by atoms with Crippen LogP contribution in [-0.2, 0) is 9.59 Å². The first kappa shape index (κ1) is 14.1. The molecule has 0 aliphatic heterocycles. The fourth-order valence-corrected chi connectivity index (χ4v) is 1.48. The Balaban J connectivity index is 2.56. The highest BCUT2D eigenvalue weighted by Gasteiger charge is 2.14. The largest absolute Gasteiger partial charge is 0.481 e. The molecule has 0 aromatic heterocycles. The topological polar surface area (TPSA) is 66.4 Å². The summed E-state index contributed by atoms with van der Waals surface area (Å²) in [6.45, 7) is 1.61. The van der Waals surface area contributed by atoms with Crippen LogP contribution in [0, 0.1) is 17.6 Å². The molecular formula is C12H13F2NO3. The van der Waals surface area contributed by atoms with Gasteiger partial charge in [-0.3, -0.25) is 9.59 Å². The average Bonchev–Trinajstić information content (AvgIpc) is 2.20. The van der Waals surface area contributed by atoms with Crippen molar-refractivity contribution in [2.75, 3.05) is 5.32 Å². The molecule has 0 heterocycles. The van der Waals surface area contributed by atoms with Crippen molar-refractivity contribution in [3.05, 3.63) is 29.8 Å². The SMILES string of the molecule is C[C@@H](CC(=O)O)CC(=O)Nc1ccc(F)cc1F. The van der Waals surface area contributed by atoms with Crippen molar-refractivity contribution in [1.29, 1.82) is 0 Å². The monoisotopic (exact) mass is 257 g/mol. The normalized spacial score (nSPS) is 11.9. The van der Waals surface area contributed by atoms with E-state index in [1.165, 1.54) is 0 Å². The van der Waals surface area contributed by atoms with E-state index in [1.54, 1.807) is 6.92 Å². The Morgan fingerprint density at radius 1 is 1.33 bits per heavy atom. The van der Waals surface area contributed by atoms with Crippen LogP contribution in [0.5, 0.6) is 0 Å². The molecule has 4 nitrogen and oxygen atoms in total. The van der Waals surface area contributed by atoms with Gasteiger partial charge in [0.15, 0.2) is 0 Å². The third-order valence-corrected chi connectivity index (χ3v) is 2.26. The van der Waals surface area contributed by atoms with Gasteiger partial charge in [0.2, 0.25) is 5.91 Å². The van der Waals surface area contributed by atoms with Gasteiger partial charge in [-0.2, -0.15) is 0 Å². The van der Waals surface area contributed by atoms with E-state index in [1.807, 2.05) is 0 Å². The van der Waals surface area contributed by atoms with Crippen LogP contribution in [0.25, 0.3) is 0 Å². The van der Waals surface area contributed by atoms with Crippen molar-refractivity contribution in [1.82, 2.24) is 0 Å². The van der Waals surface area contributed by atoms with E-state index in [-0.39, 0.29) is 24.4 Å². The third kappa shape index (κ3) is 4.48. The van der Waals surface area contributed by atoms with Crippen LogP contribution >= 0.6 is 0 Å². The number of halogens is 2. The second kappa shape index (κ2) is 6.09. The minimum absolute atomic E-state index is 0.0386. The minimum atomic E-state index is -0.997. The number of benzene rings is 1. The van der Waals surface area contributed by atoms with Crippen LogP contribution in [0.15, 0.2) is 18.2 Å². The van der Waals surface area contributed by atoms with Gasteiger partial charge in [0.25, 0.3) is 0 Å². The number of amides is 1. The number of carbonyl (C=O) groups excluding carboxylic acids is 1. The van der Waals surface area contributed by atoms with E-state index >= 15 is 0 Å². The first-order valence-electron chi connectivity index (χ1n) is 5.35. The highest BCUT2D eigenvalue weighted by molar-refractivity contribution is 5.91. The van der Waals surface area contributed by atoms with Crippen molar-refractivity contribution in [3.8, 4) is 0 Å². The number of carboxylic acids is 1. The smallest absolute Gasteiger partial charge is 0.303 e. The molecule has 98 valence electrons. The highest BCUT2D eigenvalue weighted by Crippen LogP contribution is 2.16. The molecule has 0 bridgehead atoms. The number of anilines is 1. The van der Waals surface area contributed by atoms with Crippen molar-refractivity contribution < 1.29 is 23.5 Å². The molecule has 6 heteroatoms. The third-order valence-electron chi connectivity index (χ3n) is 2.26. The molecule has 0 aliphatic rings. The van der Waals surface area contributed by atoms with Gasteiger partial charge < -0.3 is 10.4 Å². The summed E-state index contributed by atoms with van der Waals surface area (Å²) in [7, 11) is 0. The molecule has 1 amide bonds. The van der Waals surface area contributed by atoms with Gasteiger partial charge in [-0.1, -0.05) is 6.92 Å². The first-order valence-corrected chi connectivity index (χ1v) is 5.35. The summed E-state index contributed by atoms with van der Waals surface area (Å²) < 4.78 is 25.8. The molecule has 2 N–H and O–H groups in total. The van der Waals surface area contributed by atoms with Gasteiger partial charge in [-0.15, -0.1) is 0 Å². The first-order chi connectivity index (χ1) is 8.38. The lowest BCUT2D eigenvalue weighted by atomic mass is 10.0. The number of carbonyl (C=O) groups is 2. The van der Waals surface area contributed by atoms with Gasteiger partial charge in [0.1, 0.15) is 11.6 Å². The Morgan fingerprint density at radius 2 is 2.00 bits per heavy atom. The molecule has 1 rings (SSSR count). The van der Waals surface area contributed by atoms with E-state index in [2.05, 4.69) is 5.32 Å². The summed E-state index contributed by atoms with van der Waals surface area (Å²) in [6.07, 6.45) is -0.178. The molecule has 1 aromatic carbocycles. The number of carboxylic acid groups (broad SMARTS) is 1. The standard InChI is InChI=1S/C12H13F2NO3/c1-7(5-12(17)18)4-11(16)15-10-3-2-8(13)6-9(10)14/h2-3,6-7H,4-5H2,1H3,(H,15,16)(H,17,18)/t7-/m1/s1. The molecule has 0 saturated carbocycles. The second-order valence-electron chi connectivity index (χ2n) is 4.08. The fraction of sp³-hybridized carbons (Fsp3) is 0.333. The summed E-state index contributed by atoms with van der Waals surface area (Å²) in [5.74, 6) is -3.46. The average molecular weight is 257 g/mol. The Hall–Kier alpha value is -1.98. The number of nitrogens with one attached hydrogen (secondary N) is 1. The summed E-state index contributed by atoms with van der Waals surface area (Å²) >= 11 is 0. The van der Waals surface area contributed by atoms with Crippen molar-refractivity contribution in [2.45, 2.75) is 19.8 Å². The molecular weight excluding hydrogens is 244 g/mol. The second-order valence-corrected chi connectivity index (χ2v) is 4.08. The Morgan fingerprint density at radius 3 is 2.56 bits per heavy atom. The molecule has 0 spiro atoms. The van der Waals surface area contributed by atoms with Crippen molar-refractivity contribution in [3.63, 3.8) is 0 Å². The Kier molecular flexibility index (Phi) is 4.76. The Bertz CT molecular complexity index is 463. The van der Waals surface area contributed by atoms with Crippen molar-refractivity contribution in [2.24, 2.45) is 5.92 Å². The summed E-state index contributed by atoms with van der Waals surface area (Å²) in [6, 6.07) is 2.81. The summed E-state index contributed by atoms with van der Waals surface area (Å²) in [4.78, 5) is 21.9. The molecule has 0 saturated heterocycles. The molecule has 1 aromatic rings. The maximum atomic E-state index is 13.2. The van der Waals surface area contributed by atoms with E-state index in [0.717, 1.165) is 12.1 Å². The van der Waals surface area contributed by atoms with Gasteiger partial charge in [0, 0.05) is 18.9 Å². The van der Waals surface area contributed by atoms with Crippen LogP contribution in [0.3, 0.4) is 0 Å². The van der Waals surface area contributed by atoms with E-state index < -0.39 is 23.5 Å². The maximum Gasteiger partial charge on any atom is 0.303 e. The van der Waals surface area contributed by atoms with E-state index in [4.69, 9.17) is 5.11 Å². The van der Waals surface area contributed by atoms with Crippen LogP contribution in [0.4, 0.5) is 14.5 Å². The summed E-state index contributed by atoms with van der Waals surface area (Å²) in [5.41, 5.74) is -0.121. The van der Waals surface area contributed by atoms with Crippen LogP contribution in [0.1, 0.15) is 19.8 Å². The van der Waals surface area contributed by atoms with Crippen LogP contribution in [0.2, 0.25) is 0 Å². The zero-order chi connectivity index (χ0) is 13.7. The minimum Gasteiger partial charge on any atom is -0.481 e. The number of hydrogen-bond acceptors (Lipinski definition) is 2. The molecule has 0 fully saturated rings. The highest BCUT2D eigenvalue weighted by atomic mass is 19.1. The number of hydrogen-bond donors (Lipinski definition) is 2. The molecule has 0 aliphatic carbocycles. The van der Waals surface area contributed by atoms with Crippen LogP contribution in [-0.4, -0.2) is 17.0 Å². The lowest BCUT2D eigenvalue weighted by molar-refractivity contribution is -0.138. The molecule has 0 unspecified atom stereocenters. The van der Waals surface area contributed by atoms with Gasteiger partial charge in [-0.25, -0.2) is 8.78 Å². The predicted molar refractivity (Wildman–Crippen MR) is 61.0 cm³/mol. The quantitative estimate of drug-likeness (QED) is 0.851. The number of rotatable bonds is 5. The van der Waals surface area contributed by atoms with Crippen LogP contribution < -0.4 is 5.32 Å². The zero-order valence-corrected chi connectivity index (χ0v) is 9.74. The van der Waals surface area contributed by atoms with Gasteiger partial charge >= 0.3 is 5.97 Å². The molecule has 0 radical (unpaired) electrons. The van der Waals surface area contributed by atoms with E-state index in [9.17, 15) is 18.4 Å². The lowest BCUT2D eigenvalue weighted by Gasteiger charge is -2.10. The van der Waals surface area contributed by atoms with Gasteiger partial charge in [-0.05, 0) is 18.1 Å². The molecule has 1 atom stereocenters. The van der Waals surface area contributed by atoms with Crippen molar-refractivity contribution >= 4 is 17.6 Å². The zero-order valence-electron chi connectivity index (χ0n) is 9.74. The van der Waals surface area contributed by atoms with E-state index in [0.29, 0.717) is 6.07 Å².